The van der Waals surface area contributed by atoms with E-state index in [0.717, 1.165) is 0 Å². The Balaban J connectivity index is 3.47. The van der Waals surface area contributed by atoms with Crippen molar-refractivity contribution in [3.63, 3.8) is 0 Å². The SMILES string of the molecule is CCCCC/C=C\C(C)C(C)NC. The summed E-state index contributed by atoms with van der Waals surface area (Å²) < 4.78 is 0. The Morgan fingerprint density at radius 2 is 1.92 bits per heavy atom. The lowest BCUT2D eigenvalue weighted by Gasteiger charge is -2.14. The first-order valence-electron chi connectivity index (χ1n) is 5.56. The molecule has 13 heavy (non-hydrogen) atoms. The highest BCUT2D eigenvalue weighted by atomic mass is 14.9. The van der Waals surface area contributed by atoms with Gasteiger partial charge in [0.25, 0.3) is 0 Å². The minimum absolute atomic E-state index is 0.586. The van der Waals surface area contributed by atoms with Crippen LogP contribution in [0.4, 0.5) is 0 Å². The Morgan fingerprint density at radius 1 is 1.23 bits per heavy atom. The van der Waals surface area contributed by atoms with E-state index in [1.54, 1.807) is 0 Å². The Labute approximate surface area is 83.6 Å². The second-order valence-electron chi connectivity index (χ2n) is 3.86. The molecule has 2 unspecified atom stereocenters. The van der Waals surface area contributed by atoms with Gasteiger partial charge >= 0.3 is 0 Å². The lowest BCUT2D eigenvalue weighted by Crippen LogP contribution is -2.27. The standard InChI is InChI=1S/C12H25N/c1-5-6-7-8-9-10-11(2)12(3)13-4/h9-13H,5-8H2,1-4H3/b10-9-. The Hall–Kier alpha value is -0.300. The number of hydrogen-bond acceptors (Lipinski definition) is 1. The van der Waals surface area contributed by atoms with Crippen LogP contribution < -0.4 is 5.32 Å². The summed E-state index contributed by atoms with van der Waals surface area (Å²) in [4.78, 5) is 0. The predicted molar refractivity (Wildman–Crippen MR) is 61.0 cm³/mol. The average Bonchev–Trinajstić information content (AvgIpc) is 2.16. The largest absolute Gasteiger partial charge is 0.317 e. The normalized spacial score (nSPS) is 16.3. The molecule has 0 aliphatic rings. The van der Waals surface area contributed by atoms with Crippen LogP contribution in [0, 0.1) is 5.92 Å². The minimum atomic E-state index is 0.586. The van der Waals surface area contributed by atoms with Crippen molar-refractivity contribution in [1.29, 1.82) is 0 Å². The van der Waals surface area contributed by atoms with E-state index in [4.69, 9.17) is 0 Å². The molecule has 1 N–H and O–H groups in total. The summed E-state index contributed by atoms with van der Waals surface area (Å²) in [6.45, 7) is 6.73. The zero-order valence-electron chi connectivity index (χ0n) is 9.64. The van der Waals surface area contributed by atoms with E-state index < -0.39 is 0 Å². The molecule has 0 aliphatic heterocycles. The highest BCUT2D eigenvalue weighted by molar-refractivity contribution is 4.90. The van der Waals surface area contributed by atoms with E-state index in [0.29, 0.717) is 12.0 Å². The lowest BCUT2D eigenvalue weighted by molar-refractivity contribution is 0.497. The Bertz CT molecular complexity index is 129. The number of hydrogen-bond donors (Lipinski definition) is 1. The molecule has 0 radical (unpaired) electrons. The molecule has 0 saturated carbocycles. The maximum Gasteiger partial charge on any atom is 0.00958 e. The Kier molecular flexibility index (Phi) is 8.11. The zero-order valence-corrected chi connectivity index (χ0v) is 9.64. The van der Waals surface area contributed by atoms with Crippen LogP contribution in [0.25, 0.3) is 0 Å². The van der Waals surface area contributed by atoms with Gasteiger partial charge in [0.2, 0.25) is 0 Å². The summed E-state index contributed by atoms with van der Waals surface area (Å²) in [5, 5.41) is 3.27. The highest BCUT2D eigenvalue weighted by Gasteiger charge is 2.04. The molecular weight excluding hydrogens is 158 g/mol. The summed E-state index contributed by atoms with van der Waals surface area (Å²) in [6.07, 6.45) is 9.92. The molecule has 0 aromatic heterocycles. The highest BCUT2D eigenvalue weighted by Crippen LogP contribution is 2.06. The number of nitrogens with one attached hydrogen (secondary N) is 1. The van der Waals surface area contributed by atoms with Gasteiger partial charge in [-0.1, -0.05) is 38.8 Å². The van der Waals surface area contributed by atoms with Crippen LogP contribution in [0.5, 0.6) is 0 Å². The Morgan fingerprint density at radius 3 is 2.46 bits per heavy atom. The molecule has 1 nitrogen and oxygen atoms in total. The quantitative estimate of drug-likeness (QED) is 0.471. The van der Waals surface area contributed by atoms with Crippen LogP contribution in [-0.4, -0.2) is 13.1 Å². The van der Waals surface area contributed by atoms with Gasteiger partial charge < -0.3 is 5.32 Å². The van der Waals surface area contributed by atoms with Crippen LogP contribution in [0.15, 0.2) is 12.2 Å². The predicted octanol–water partition coefficient (Wildman–Crippen LogP) is 3.37. The van der Waals surface area contributed by atoms with Crippen molar-refractivity contribution in [2.24, 2.45) is 5.92 Å². The fourth-order valence-corrected chi connectivity index (χ4v) is 1.25. The van der Waals surface area contributed by atoms with Crippen LogP contribution >= 0.6 is 0 Å². The minimum Gasteiger partial charge on any atom is -0.317 e. The number of rotatable bonds is 7. The van der Waals surface area contributed by atoms with Crippen molar-refractivity contribution in [3.8, 4) is 0 Å². The molecule has 0 aliphatic carbocycles. The molecule has 0 heterocycles. The maximum atomic E-state index is 3.27. The van der Waals surface area contributed by atoms with Gasteiger partial charge in [-0.2, -0.15) is 0 Å². The molecule has 0 rings (SSSR count). The maximum absolute atomic E-state index is 3.27. The second kappa shape index (κ2) is 8.31. The summed E-state index contributed by atoms with van der Waals surface area (Å²) >= 11 is 0. The molecule has 0 aromatic carbocycles. The molecule has 0 saturated heterocycles. The molecule has 0 aromatic rings. The van der Waals surface area contributed by atoms with E-state index in [-0.39, 0.29) is 0 Å². The van der Waals surface area contributed by atoms with Crippen molar-refractivity contribution in [2.45, 2.75) is 52.5 Å². The van der Waals surface area contributed by atoms with Gasteiger partial charge in [0.15, 0.2) is 0 Å². The van der Waals surface area contributed by atoms with Crippen molar-refractivity contribution in [1.82, 2.24) is 5.32 Å². The number of unbranched alkanes of at least 4 members (excludes halogenated alkanes) is 3. The third kappa shape index (κ3) is 6.83. The molecule has 0 spiro atoms. The van der Waals surface area contributed by atoms with E-state index in [2.05, 4.69) is 38.2 Å². The first-order valence-corrected chi connectivity index (χ1v) is 5.56. The van der Waals surface area contributed by atoms with Gasteiger partial charge in [-0.05, 0) is 32.7 Å². The summed E-state index contributed by atoms with van der Waals surface area (Å²) in [6, 6.07) is 0.586. The molecule has 0 fully saturated rings. The van der Waals surface area contributed by atoms with Gasteiger partial charge in [0, 0.05) is 6.04 Å². The molecule has 78 valence electrons. The van der Waals surface area contributed by atoms with E-state index in [9.17, 15) is 0 Å². The smallest absolute Gasteiger partial charge is 0.00958 e. The van der Waals surface area contributed by atoms with E-state index in [1.807, 2.05) is 7.05 Å². The summed E-state index contributed by atoms with van der Waals surface area (Å²) in [5.74, 6) is 0.645. The molecule has 0 amide bonds. The molecule has 1 heteroatoms. The topological polar surface area (TPSA) is 12.0 Å². The van der Waals surface area contributed by atoms with Crippen LogP contribution in [0.1, 0.15) is 46.5 Å². The van der Waals surface area contributed by atoms with E-state index >= 15 is 0 Å². The van der Waals surface area contributed by atoms with Gasteiger partial charge in [0.1, 0.15) is 0 Å². The summed E-state index contributed by atoms with van der Waals surface area (Å²) in [5.41, 5.74) is 0. The average molecular weight is 183 g/mol. The zero-order chi connectivity index (χ0) is 10.1. The lowest BCUT2D eigenvalue weighted by atomic mass is 10.0. The van der Waals surface area contributed by atoms with Crippen molar-refractivity contribution in [2.75, 3.05) is 7.05 Å². The third-order valence-electron chi connectivity index (χ3n) is 2.66. The monoisotopic (exact) mass is 183 g/mol. The van der Waals surface area contributed by atoms with Crippen molar-refractivity contribution in [3.05, 3.63) is 12.2 Å². The van der Waals surface area contributed by atoms with Crippen LogP contribution in [-0.2, 0) is 0 Å². The van der Waals surface area contributed by atoms with Crippen LogP contribution in [0.3, 0.4) is 0 Å². The molecule has 2 atom stereocenters. The first kappa shape index (κ1) is 12.7. The van der Waals surface area contributed by atoms with Crippen molar-refractivity contribution >= 4 is 0 Å². The van der Waals surface area contributed by atoms with Crippen molar-refractivity contribution < 1.29 is 0 Å². The van der Waals surface area contributed by atoms with Gasteiger partial charge in [-0.3, -0.25) is 0 Å². The van der Waals surface area contributed by atoms with E-state index in [1.165, 1.54) is 25.7 Å². The fraction of sp³-hybridized carbons (Fsp3) is 0.833. The van der Waals surface area contributed by atoms with Crippen LogP contribution in [0.2, 0.25) is 0 Å². The number of allylic oxidation sites excluding steroid dienone is 1. The van der Waals surface area contributed by atoms with Gasteiger partial charge in [-0.25, -0.2) is 0 Å². The molecular formula is C12H25N. The summed E-state index contributed by atoms with van der Waals surface area (Å²) in [7, 11) is 2.02. The fourth-order valence-electron chi connectivity index (χ4n) is 1.25. The molecule has 0 bridgehead atoms. The van der Waals surface area contributed by atoms with Gasteiger partial charge in [-0.15, -0.1) is 0 Å². The second-order valence-corrected chi connectivity index (χ2v) is 3.86. The third-order valence-corrected chi connectivity index (χ3v) is 2.66. The first-order chi connectivity index (χ1) is 6.22. The van der Waals surface area contributed by atoms with Gasteiger partial charge in [0.05, 0.1) is 0 Å².